The van der Waals surface area contributed by atoms with Crippen molar-refractivity contribution in [2.75, 3.05) is 6.54 Å². The summed E-state index contributed by atoms with van der Waals surface area (Å²) >= 11 is 12.0. The third kappa shape index (κ3) is 3.43. The van der Waals surface area contributed by atoms with Crippen molar-refractivity contribution in [3.63, 3.8) is 0 Å². The maximum Gasteiger partial charge on any atom is 0.491 e. The van der Waals surface area contributed by atoms with Crippen molar-refractivity contribution in [1.29, 1.82) is 0 Å². The Labute approximate surface area is 135 Å². The van der Waals surface area contributed by atoms with E-state index in [1.54, 1.807) is 6.07 Å². The highest BCUT2D eigenvalue weighted by molar-refractivity contribution is 6.56. The molecule has 1 aromatic rings. The first-order valence-corrected chi connectivity index (χ1v) is 7.49. The van der Waals surface area contributed by atoms with E-state index in [4.69, 9.17) is 38.2 Å². The van der Waals surface area contributed by atoms with Crippen molar-refractivity contribution < 1.29 is 9.31 Å². The molecule has 0 atom stereocenters. The largest absolute Gasteiger partial charge is 0.491 e. The summed E-state index contributed by atoms with van der Waals surface area (Å²) in [6.07, 6.45) is 3.32. The molecule has 0 aliphatic carbocycles. The van der Waals surface area contributed by atoms with E-state index in [0.717, 1.165) is 5.47 Å². The highest BCUT2D eigenvalue weighted by Gasteiger charge is 2.52. The second-order valence-corrected chi connectivity index (χ2v) is 6.84. The van der Waals surface area contributed by atoms with Crippen LogP contribution in [-0.4, -0.2) is 29.8 Å². The zero-order valence-corrected chi connectivity index (χ0v) is 14.1. The quantitative estimate of drug-likeness (QED) is 0.682. The lowest BCUT2D eigenvalue weighted by atomic mass is 9.77. The van der Waals surface area contributed by atoms with Crippen LogP contribution in [0.4, 0.5) is 0 Å². The number of nitrogens with two attached hydrogens (primary N) is 1. The molecule has 1 aromatic heterocycles. The van der Waals surface area contributed by atoms with E-state index in [2.05, 4.69) is 4.98 Å². The predicted octanol–water partition coefficient (Wildman–Crippen LogP) is 3.36. The summed E-state index contributed by atoms with van der Waals surface area (Å²) in [5.74, 6) is 0. The Morgan fingerprint density at radius 3 is 2.38 bits per heavy atom. The number of rotatable bonds is 3. The summed E-state index contributed by atoms with van der Waals surface area (Å²) in [5.41, 5.74) is 6.50. The Bertz CT molecular complexity index is 560. The van der Waals surface area contributed by atoms with Gasteiger partial charge < -0.3 is 15.0 Å². The summed E-state index contributed by atoms with van der Waals surface area (Å²) in [6, 6.07) is 1.73. The minimum absolute atomic E-state index is 0.291. The molecule has 1 aliphatic rings. The van der Waals surface area contributed by atoms with Crippen LogP contribution in [0.5, 0.6) is 0 Å². The lowest BCUT2D eigenvalue weighted by Gasteiger charge is -2.32. The molecular weight excluding hydrogens is 310 g/mol. The maximum absolute atomic E-state index is 6.08. The molecular formula is C14H19BCl2N2O2. The molecule has 1 fully saturated rings. The second-order valence-electron chi connectivity index (χ2n) is 6.05. The molecule has 7 heteroatoms. The van der Waals surface area contributed by atoms with E-state index in [9.17, 15) is 0 Å². The number of aromatic nitrogens is 1. The first kappa shape index (κ1) is 16.8. The minimum Gasteiger partial charge on any atom is -0.400 e. The van der Waals surface area contributed by atoms with Gasteiger partial charge in [0.25, 0.3) is 0 Å². The lowest BCUT2D eigenvalue weighted by Crippen LogP contribution is -2.41. The Kier molecular flexibility index (Phi) is 4.71. The summed E-state index contributed by atoms with van der Waals surface area (Å²) < 4.78 is 12.0. The third-order valence-corrected chi connectivity index (χ3v) is 4.49. The first-order valence-electron chi connectivity index (χ1n) is 6.73. The normalized spacial score (nSPS) is 20.9. The van der Waals surface area contributed by atoms with Crippen LogP contribution < -0.4 is 5.73 Å². The fourth-order valence-electron chi connectivity index (χ4n) is 1.96. The SMILES string of the molecule is CC1(C)OB(C(=Cc2cc(Cl)cnc2Cl)CN)OC1(C)C. The van der Waals surface area contributed by atoms with Gasteiger partial charge in [0.05, 0.1) is 16.2 Å². The van der Waals surface area contributed by atoms with Crippen LogP contribution in [0.1, 0.15) is 33.3 Å². The molecule has 0 spiro atoms. The Balaban J connectivity index is 2.33. The molecule has 21 heavy (non-hydrogen) atoms. The van der Waals surface area contributed by atoms with Gasteiger partial charge in [-0.1, -0.05) is 29.3 Å². The Morgan fingerprint density at radius 2 is 1.86 bits per heavy atom. The highest BCUT2D eigenvalue weighted by atomic mass is 35.5. The van der Waals surface area contributed by atoms with Gasteiger partial charge in [0.1, 0.15) is 5.15 Å². The maximum atomic E-state index is 6.08. The number of pyridine rings is 1. The van der Waals surface area contributed by atoms with Crippen LogP contribution >= 0.6 is 23.2 Å². The standard InChI is InChI=1S/C14H19BCl2N2O2/c1-13(2)14(3,4)21-15(20-13)10(7-18)5-9-6-11(16)8-19-12(9)17/h5-6,8H,7,18H2,1-4H3. The summed E-state index contributed by atoms with van der Waals surface area (Å²) in [5, 5.41) is 0.873. The minimum atomic E-state index is -0.505. The zero-order valence-electron chi connectivity index (χ0n) is 12.6. The average Bonchev–Trinajstić information content (AvgIpc) is 2.59. The van der Waals surface area contributed by atoms with Crippen LogP contribution in [0.2, 0.25) is 10.2 Å². The van der Waals surface area contributed by atoms with Crippen molar-refractivity contribution in [3.05, 3.63) is 33.5 Å². The molecule has 114 valence electrons. The first-order chi connectivity index (χ1) is 9.66. The summed E-state index contributed by atoms with van der Waals surface area (Å²) in [6.45, 7) is 8.27. The molecule has 0 radical (unpaired) electrons. The monoisotopic (exact) mass is 328 g/mol. The van der Waals surface area contributed by atoms with Crippen molar-refractivity contribution >= 4 is 36.4 Å². The van der Waals surface area contributed by atoms with Crippen molar-refractivity contribution in [1.82, 2.24) is 4.98 Å². The van der Waals surface area contributed by atoms with Crippen LogP contribution in [0.3, 0.4) is 0 Å². The molecule has 0 amide bonds. The smallest absolute Gasteiger partial charge is 0.400 e. The fourth-order valence-corrected chi connectivity index (χ4v) is 2.28. The molecule has 0 saturated carbocycles. The topological polar surface area (TPSA) is 57.4 Å². The predicted molar refractivity (Wildman–Crippen MR) is 87.4 cm³/mol. The molecule has 2 N–H and O–H groups in total. The number of hydrogen-bond acceptors (Lipinski definition) is 4. The zero-order chi connectivity index (χ0) is 15.8. The molecule has 4 nitrogen and oxygen atoms in total. The van der Waals surface area contributed by atoms with Gasteiger partial charge in [-0.15, -0.1) is 0 Å². The number of hydrogen-bond donors (Lipinski definition) is 1. The number of halogens is 2. The molecule has 2 rings (SSSR count). The summed E-state index contributed by atoms with van der Waals surface area (Å²) in [4.78, 5) is 4.02. The number of nitrogens with zero attached hydrogens (tertiary/aromatic N) is 1. The van der Waals surface area contributed by atoms with Gasteiger partial charge in [-0.05, 0) is 39.2 Å². The van der Waals surface area contributed by atoms with E-state index < -0.39 is 18.3 Å². The summed E-state index contributed by atoms with van der Waals surface area (Å²) in [7, 11) is -0.505. The van der Waals surface area contributed by atoms with E-state index in [0.29, 0.717) is 22.3 Å². The van der Waals surface area contributed by atoms with Gasteiger partial charge in [-0.2, -0.15) is 0 Å². The lowest BCUT2D eigenvalue weighted by molar-refractivity contribution is 0.00578. The van der Waals surface area contributed by atoms with Crippen LogP contribution in [0.25, 0.3) is 6.08 Å². The van der Waals surface area contributed by atoms with Gasteiger partial charge in [0.15, 0.2) is 0 Å². The van der Waals surface area contributed by atoms with Gasteiger partial charge in [0, 0.05) is 18.3 Å². The van der Waals surface area contributed by atoms with Gasteiger partial charge in [-0.3, -0.25) is 0 Å². The van der Waals surface area contributed by atoms with Crippen molar-refractivity contribution in [3.8, 4) is 0 Å². The second kappa shape index (κ2) is 5.90. The third-order valence-electron chi connectivity index (χ3n) is 3.97. The van der Waals surface area contributed by atoms with Crippen LogP contribution in [0, 0.1) is 0 Å². The van der Waals surface area contributed by atoms with E-state index >= 15 is 0 Å². The van der Waals surface area contributed by atoms with E-state index in [1.165, 1.54) is 6.20 Å². The molecule has 1 aliphatic heterocycles. The van der Waals surface area contributed by atoms with Crippen LogP contribution in [-0.2, 0) is 9.31 Å². The molecule has 0 unspecified atom stereocenters. The van der Waals surface area contributed by atoms with E-state index in [-0.39, 0.29) is 0 Å². The molecule has 2 heterocycles. The van der Waals surface area contributed by atoms with Crippen molar-refractivity contribution in [2.45, 2.75) is 38.9 Å². The van der Waals surface area contributed by atoms with Gasteiger partial charge in [0.2, 0.25) is 0 Å². The fraction of sp³-hybridized carbons (Fsp3) is 0.500. The van der Waals surface area contributed by atoms with Crippen molar-refractivity contribution in [2.24, 2.45) is 5.73 Å². The molecule has 1 saturated heterocycles. The average molecular weight is 329 g/mol. The van der Waals surface area contributed by atoms with Gasteiger partial charge >= 0.3 is 7.12 Å². The van der Waals surface area contributed by atoms with Gasteiger partial charge in [-0.25, -0.2) is 4.98 Å². The molecule has 0 aromatic carbocycles. The molecule has 0 bridgehead atoms. The Morgan fingerprint density at radius 1 is 1.29 bits per heavy atom. The van der Waals surface area contributed by atoms with E-state index in [1.807, 2.05) is 33.8 Å². The highest BCUT2D eigenvalue weighted by Crippen LogP contribution is 2.38. The Hall–Kier alpha value is -0.585. The van der Waals surface area contributed by atoms with Crippen LogP contribution in [0.15, 0.2) is 17.7 Å².